The Balaban J connectivity index is 2.19. The van der Waals surface area contributed by atoms with Crippen molar-refractivity contribution in [1.82, 2.24) is 0 Å². The molecule has 0 bridgehead atoms. The van der Waals surface area contributed by atoms with Crippen LogP contribution in [0.25, 0.3) is 0 Å². The van der Waals surface area contributed by atoms with Crippen LogP contribution in [0.3, 0.4) is 0 Å². The standard InChI is InChI=1S/C13H8F3NS/c1-17-10-4-7(14)2-3-12(10)18-13-6-9(16)8(15)5-11(13)17/h2-6H,1H3. The molecule has 0 N–H and O–H groups in total. The van der Waals surface area contributed by atoms with E-state index in [-0.39, 0.29) is 5.82 Å². The third-order valence-corrected chi connectivity index (χ3v) is 3.98. The summed E-state index contributed by atoms with van der Waals surface area (Å²) >= 11 is 1.30. The molecule has 0 spiro atoms. The van der Waals surface area contributed by atoms with Crippen LogP contribution in [0, 0.1) is 17.5 Å². The van der Waals surface area contributed by atoms with Gasteiger partial charge in [0.05, 0.1) is 11.4 Å². The van der Waals surface area contributed by atoms with Gasteiger partial charge in [-0.2, -0.15) is 0 Å². The van der Waals surface area contributed by atoms with Crippen LogP contribution in [0.15, 0.2) is 40.1 Å². The van der Waals surface area contributed by atoms with Crippen molar-refractivity contribution < 1.29 is 13.2 Å². The topological polar surface area (TPSA) is 3.24 Å². The van der Waals surface area contributed by atoms with Gasteiger partial charge in [-0.15, -0.1) is 0 Å². The Hall–Kier alpha value is -1.62. The van der Waals surface area contributed by atoms with Crippen molar-refractivity contribution in [2.24, 2.45) is 0 Å². The van der Waals surface area contributed by atoms with Gasteiger partial charge < -0.3 is 4.90 Å². The van der Waals surface area contributed by atoms with Gasteiger partial charge in [0.15, 0.2) is 11.6 Å². The third kappa shape index (κ3) is 1.66. The Morgan fingerprint density at radius 3 is 2.33 bits per heavy atom. The second-order valence-electron chi connectivity index (χ2n) is 4.01. The lowest BCUT2D eigenvalue weighted by atomic mass is 10.2. The summed E-state index contributed by atoms with van der Waals surface area (Å²) in [5.41, 5.74) is 1.19. The third-order valence-electron chi connectivity index (χ3n) is 2.87. The maximum atomic E-state index is 13.3. The normalized spacial score (nSPS) is 13.2. The highest BCUT2D eigenvalue weighted by Gasteiger charge is 2.23. The maximum absolute atomic E-state index is 13.3. The molecule has 1 aliphatic heterocycles. The molecule has 1 heterocycles. The number of nitrogens with zero attached hydrogens (tertiary/aromatic N) is 1. The van der Waals surface area contributed by atoms with Crippen LogP contribution in [-0.2, 0) is 0 Å². The lowest BCUT2D eigenvalue weighted by Gasteiger charge is -2.29. The lowest BCUT2D eigenvalue weighted by molar-refractivity contribution is 0.506. The Labute approximate surface area is 106 Å². The molecule has 0 saturated heterocycles. The number of fused-ring (bicyclic) bond motifs is 2. The molecule has 2 aromatic rings. The van der Waals surface area contributed by atoms with Crippen molar-refractivity contribution in [3.05, 3.63) is 47.8 Å². The first-order valence-electron chi connectivity index (χ1n) is 5.26. The van der Waals surface area contributed by atoms with Crippen molar-refractivity contribution in [2.75, 3.05) is 11.9 Å². The van der Waals surface area contributed by atoms with Crippen molar-refractivity contribution >= 4 is 23.1 Å². The Bertz CT molecular complexity index is 642. The highest BCUT2D eigenvalue weighted by atomic mass is 32.2. The van der Waals surface area contributed by atoms with Gasteiger partial charge in [-0.3, -0.25) is 0 Å². The zero-order valence-corrected chi connectivity index (χ0v) is 10.2. The molecule has 18 heavy (non-hydrogen) atoms. The molecular weight excluding hydrogens is 259 g/mol. The summed E-state index contributed by atoms with van der Waals surface area (Å²) in [4.78, 5) is 3.10. The van der Waals surface area contributed by atoms with Gasteiger partial charge in [0.2, 0.25) is 0 Å². The minimum absolute atomic E-state index is 0.354. The van der Waals surface area contributed by atoms with E-state index in [9.17, 15) is 13.2 Å². The number of anilines is 2. The predicted molar refractivity (Wildman–Crippen MR) is 64.9 cm³/mol. The van der Waals surface area contributed by atoms with Crippen molar-refractivity contribution in [1.29, 1.82) is 0 Å². The molecule has 0 amide bonds. The number of benzene rings is 2. The largest absolute Gasteiger partial charge is 0.343 e. The summed E-state index contributed by atoms with van der Waals surface area (Å²) in [7, 11) is 1.70. The fourth-order valence-corrected chi connectivity index (χ4v) is 3.09. The summed E-state index contributed by atoms with van der Waals surface area (Å²) in [6, 6.07) is 6.66. The summed E-state index contributed by atoms with van der Waals surface area (Å²) in [5.74, 6) is -2.13. The summed E-state index contributed by atoms with van der Waals surface area (Å²) in [6.07, 6.45) is 0. The number of rotatable bonds is 0. The average Bonchev–Trinajstić information content (AvgIpc) is 2.33. The van der Waals surface area contributed by atoms with Crippen molar-refractivity contribution in [3.63, 3.8) is 0 Å². The molecule has 0 fully saturated rings. The molecule has 0 aromatic heterocycles. The van der Waals surface area contributed by atoms with E-state index in [1.807, 2.05) is 0 Å². The summed E-state index contributed by atoms with van der Waals surface area (Å²) in [6.45, 7) is 0. The van der Waals surface area contributed by atoms with E-state index < -0.39 is 11.6 Å². The molecule has 1 aliphatic rings. The van der Waals surface area contributed by atoms with E-state index in [0.29, 0.717) is 16.3 Å². The van der Waals surface area contributed by atoms with Crippen LogP contribution in [0.1, 0.15) is 0 Å². The van der Waals surface area contributed by atoms with Crippen LogP contribution >= 0.6 is 11.8 Å². The molecule has 1 nitrogen and oxygen atoms in total. The van der Waals surface area contributed by atoms with Crippen LogP contribution in [0.5, 0.6) is 0 Å². The van der Waals surface area contributed by atoms with Gasteiger partial charge in [0, 0.05) is 22.9 Å². The Morgan fingerprint density at radius 2 is 1.56 bits per heavy atom. The second-order valence-corrected chi connectivity index (χ2v) is 5.09. The van der Waals surface area contributed by atoms with E-state index >= 15 is 0 Å². The monoisotopic (exact) mass is 267 g/mol. The predicted octanol–water partition coefficient (Wildman–Crippen LogP) is 4.34. The minimum atomic E-state index is -0.902. The van der Waals surface area contributed by atoms with Crippen LogP contribution in [0.2, 0.25) is 0 Å². The number of hydrogen-bond donors (Lipinski definition) is 0. The molecule has 0 aliphatic carbocycles. The maximum Gasteiger partial charge on any atom is 0.160 e. The summed E-state index contributed by atoms with van der Waals surface area (Å²) in [5, 5.41) is 0. The molecular formula is C13H8F3NS. The van der Waals surface area contributed by atoms with Gasteiger partial charge in [-0.25, -0.2) is 13.2 Å². The SMILES string of the molecule is CN1c2cc(F)ccc2Sc2cc(F)c(F)cc21. The lowest BCUT2D eigenvalue weighted by Crippen LogP contribution is -2.15. The first-order chi connectivity index (χ1) is 8.56. The minimum Gasteiger partial charge on any atom is -0.343 e. The molecule has 92 valence electrons. The molecule has 0 saturated carbocycles. The average molecular weight is 267 g/mol. The fraction of sp³-hybridized carbons (Fsp3) is 0.0769. The number of hydrogen-bond acceptors (Lipinski definition) is 2. The molecule has 0 radical (unpaired) electrons. The molecule has 2 aromatic carbocycles. The van der Waals surface area contributed by atoms with Crippen LogP contribution < -0.4 is 4.90 Å². The zero-order valence-electron chi connectivity index (χ0n) is 9.38. The van der Waals surface area contributed by atoms with Gasteiger partial charge in [-0.05, 0) is 24.3 Å². The zero-order chi connectivity index (χ0) is 12.9. The van der Waals surface area contributed by atoms with E-state index in [0.717, 1.165) is 17.0 Å². The van der Waals surface area contributed by atoms with Gasteiger partial charge in [-0.1, -0.05) is 11.8 Å². The van der Waals surface area contributed by atoms with E-state index in [2.05, 4.69) is 0 Å². The molecule has 0 atom stereocenters. The first-order valence-corrected chi connectivity index (χ1v) is 6.08. The second kappa shape index (κ2) is 3.95. The fourth-order valence-electron chi connectivity index (χ4n) is 1.95. The van der Waals surface area contributed by atoms with E-state index in [1.165, 1.54) is 23.9 Å². The smallest absolute Gasteiger partial charge is 0.160 e. The van der Waals surface area contributed by atoms with Gasteiger partial charge >= 0.3 is 0 Å². The quantitative estimate of drug-likeness (QED) is 0.698. The van der Waals surface area contributed by atoms with Crippen LogP contribution in [-0.4, -0.2) is 7.05 Å². The van der Waals surface area contributed by atoms with Crippen LogP contribution in [0.4, 0.5) is 24.5 Å². The number of halogens is 3. The van der Waals surface area contributed by atoms with E-state index in [1.54, 1.807) is 18.0 Å². The highest BCUT2D eigenvalue weighted by molar-refractivity contribution is 7.99. The first kappa shape index (κ1) is 11.5. The highest BCUT2D eigenvalue weighted by Crippen LogP contribution is 2.47. The van der Waals surface area contributed by atoms with Gasteiger partial charge in [0.1, 0.15) is 5.82 Å². The Kier molecular flexibility index (Phi) is 2.52. The molecule has 5 heteroatoms. The van der Waals surface area contributed by atoms with Crippen molar-refractivity contribution in [2.45, 2.75) is 9.79 Å². The molecule has 3 rings (SSSR count). The van der Waals surface area contributed by atoms with Crippen molar-refractivity contribution in [3.8, 4) is 0 Å². The van der Waals surface area contributed by atoms with E-state index in [4.69, 9.17) is 0 Å². The molecule has 0 unspecified atom stereocenters. The van der Waals surface area contributed by atoms with Gasteiger partial charge in [0.25, 0.3) is 0 Å². The summed E-state index contributed by atoms with van der Waals surface area (Å²) < 4.78 is 39.7. The Morgan fingerprint density at radius 1 is 0.889 bits per heavy atom.